The maximum Gasteiger partial charge on any atom is 0.268 e. The second-order valence-corrected chi connectivity index (χ2v) is 6.44. The summed E-state index contributed by atoms with van der Waals surface area (Å²) in [5.41, 5.74) is 5.35. The first-order valence-corrected chi connectivity index (χ1v) is 6.84. The molecule has 0 saturated heterocycles. The summed E-state index contributed by atoms with van der Waals surface area (Å²) in [6.45, 7) is 3.71. The summed E-state index contributed by atoms with van der Waals surface area (Å²) in [6, 6.07) is 4.17. The summed E-state index contributed by atoms with van der Waals surface area (Å²) in [5.74, 6) is 1.08. The van der Waals surface area contributed by atoms with Gasteiger partial charge in [-0.1, -0.05) is 5.16 Å². The standard InChI is InChI=1S/C11H11N3OS2/c1-11(2,12)10-13-9(15-14-10)8-5-7-6(17-8)3-4-16-7/h3-5H,12H2,1-2H3. The predicted molar refractivity (Wildman–Crippen MR) is 70.2 cm³/mol. The molecule has 0 unspecified atom stereocenters. The Bertz CT molecular complexity index is 631. The van der Waals surface area contributed by atoms with Gasteiger partial charge in [0.2, 0.25) is 0 Å². The summed E-state index contributed by atoms with van der Waals surface area (Å²) in [6.07, 6.45) is 0. The Morgan fingerprint density at radius 1 is 1.35 bits per heavy atom. The zero-order valence-electron chi connectivity index (χ0n) is 9.43. The molecule has 0 spiro atoms. The Morgan fingerprint density at radius 2 is 2.18 bits per heavy atom. The number of thiophene rings is 2. The van der Waals surface area contributed by atoms with Crippen LogP contribution < -0.4 is 5.73 Å². The van der Waals surface area contributed by atoms with Gasteiger partial charge in [0.05, 0.1) is 10.4 Å². The molecule has 3 aromatic rings. The molecule has 2 N–H and O–H groups in total. The number of aromatic nitrogens is 2. The third kappa shape index (κ3) is 1.88. The van der Waals surface area contributed by atoms with E-state index in [2.05, 4.69) is 27.7 Å². The van der Waals surface area contributed by atoms with Crippen LogP contribution in [0.4, 0.5) is 0 Å². The zero-order valence-corrected chi connectivity index (χ0v) is 11.1. The molecule has 0 aromatic carbocycles. The van der Waals surface area contributed by atoms with Gasteiger partial charge >= 0.3 is 0 Å². The molecule has 0 aliphatic carbocycles. The monoisotopic (exact) mass is 265 g/mol. The van der Waals surface area contributed by atoms with Crippen molar-refractivity contribution >= 4 is 32.1 Å². The molecule has 3 rings (SSSR count). The summed E-state index contributed by atoms with van der Waals surface area (Å²) in [4.78, 5) is 5.33. The van der Waals surface area contributed by atoms with Crippen LogP contribution >= 0.6 is 22.7 Å². The topological polar surface area (TPSA) is 64.9 Å². The average molecular weight is 265 g/mol. The zero-order chi connectivity index (χ0) is 12.0. The van der Waals surface area contributed by atoms with Crippen molar-refractivity contribution in [3.05, 3.63) is 23.3 Å². The molecule has 88 valence electrons. The van der Waals surface area contributed by atoms with Gasteiger partial charge in [-0.3, -0.25) is 0 Å². The van der Waals surface area contributed by atoms with E-state index in [1.807, 2.05) is 13.8 Å². The molecule has 0 saturated carbocycles. The largest absolute Gasteiger partial charge is 0.333 e. The normalized spacial score (nSPS) is 12.4. The maximum absolute atomic E-state index is 5.92. The lowest BCUT2D eigenvalue weighted by Gasteiger charge is -2.11. The molecule has 0 amide bonds. The maximum atomic E-state index is 5.92. The van der Waals surface area contributed by atoms with Crippen LogP contribution in [0.15, 0.2) is 22.0 Å². The minimum absolute atomic E-state index is 0.532. The van der Waals surface area contributed by atoms with Gasteiger partial charge in [-0.2, -0.15) is 4.98 Å². The fourth-order valence-electron chi connectivity index (χ4n) is 1.46. The van der Waals surface area contributed by atoms with Crippen molar-refractivity contribution in [3.8, 4) is 10.8 Å². The van der Waals surface area contributed by atoms with Crippen LogP contribution in [0.2, 0.25) is 0 Å². The summed E-state index contributed by atoms with van der Waals surface area (Å²) >= 11 is 3.37. The van der Waals surface area contributed by atoms with Crippen molar-refractivity contribution in [3.63, 3.8) is 0 Å². The molecule has 17 heavy (non-hydrogen) atoms. The fourth-order valence-corrected chi connectivity index (χ4v) is 3.49. The van der Waals surface area contributed by atoms with Crippen LogP contribution in [0.3, 0.4) is 0 Å². The number of rotatable bonds is 2. The molecule has 0 bridgehead atoms. The van der Waals surface area contributed by atoms with Gasteiger partial charge in [-0.15, -0.1) is 22.7 Å². The van der Waals surface area contributed by atoms with Crippen LogP contribution in [0.1, 0.15) is 19.7 Å². The second kappa shape index (κ2) is 3.63. The van der Waals surface area contributed by atoms with Crippen LogP contribution in [-0.2, 0) is 5.54 Å². The summed E-state index contributed by atoms with van der Waals surface area (Å²) in [7, 11) is 0. The summed E-state index contributed by atoms with van der Waals surface area (Å²) in [5, 5.41) is 5.99. The molecule has 0 aliphatic heterocycles. The van der Waals surface area contributed by atoms with Crippen LogP contribution in [0.5, 0.6) is 0 Å². The SMILES string of the molecule is CC(C)(N)c1noc(-c2cc3sccc3s2)n1. The second-order valence-electron chi connectivity index (χ2n) is 4.40. The highest BCUT2D eigenvalue weighted by molar-refractivity contribution is 7.28. The van der Waals surface area contributed by atoms with E-state index in [1.54, 1.807) is 22.7 Å². The Hall–Kier alpha value is -1.24. The first-order valence-electron chi connectivity index (χ1n) is 5.14. The van der Waals surface area contributed by atoms with Crippen molar-refractivity contribution in [1.82, 2.24) is 10.1 Å². The van der Waals surface area contributed by atoms with Crippen LogP contribution in [0, 0.1) is 0 Å². The molecular weight excluding hydrogens is 254 g/mol. The van der Waals surface area contributed by atoms with Crippen molar-refractivity contribution in [2.75, 3.05) is 0 Å². The molecule has 3 heterocycles. The minimum atomic E-state index is -0.573. The Morgan fingerprint density at radius 3 is 2.82 bits per heavy atom. The van der Waals surface area contributed by atoms with Gasteiger partial charge in [0.15, 0.2) is 5.82 Å². The molecular formula is C11H11N3OS2. The van der Waals surface area contributed by atoms with Crippen molar-refractivity contribution < 1.29 is 4.52 Å². The van der Waals surface area contributed by atoms with Crippen molar-refractivity contribution in [2.45, 2.75) is 19.4 Å². The van der Waals surface area contributed by atoms with Gasteiger partial charge in [0, 0.05) is 9.40 Å². The molecule has 0 atom stereocenters. The van der Waals surface area contributed by atoms with E-state index in [4.69, 9.17) is 10.3 Å². The Labute approximate surface area is 106 Å². The third-order valence-corrected chi connectivity index (χ3v) is 4.43. The lowest BCUT2D eigenvalue weighted by Crippen LogP contribution is -2.30. The fraction of sp³-hybridized carbons (Fsp3) is 0.273. The number of hydrogen-bond acceptors (Lipinski definition) is 6. The highest BCUT2D eigenvalue weighted by atomic mass is 32.1. The number of hydrogen-bond donors (Lipinski definition) is 1. The molecule has 0 fully saturated rings. The van der Waals surface area contributed by atoms with E-state index in [0.29, 0.717) is 11.7 Å². The number of nitrogens with zero attached hydrogens (tertiary/aromatic N) is 2. The minimum Gasteiger partial charge on any atom is -0.333 e. The van der Waals surface area contributed by atoms with Crippen molar-refractivity contribution in [1.29, 1.82) is 0 Å². The highest BCUT2D eigenvalue weighted by Gasteiger charge is 2.22. The molecule has 0 radical (unpaired) electrons. The van der Waals surface area contributed by atoms with E-state index < -0.39 is 5.54 Å². The lowest BCUT2D eigenvalue weighted by atomic mass is 10.1. The average Bonchev–Trinajstić information content (AvgIpc) is 2.90. The quantitative estimate of drug-likeness (QED) is 0.772. The molecule has 0 aliphatic rings. The molecule has 6 heteroatoms. The van der Waals surface area contributed by atoms with E-state index in [9.17, 15) is 0 Å². The number of nitrogens with two attached hydrogens (primary N) is 1. The van der Waals surface area contributed by atoms with Crippen molar-refractivity contribution in [2.24, 2.45) is 5.73 Å². The highest BCUT2D eigenvalue weighted by Crippen LogP contribution is 2.35. The first kappa shape index (κ1) is 10.9. The predicted octanol–water partition coefficient (Wildman–Crippen LogP) is 3.21. The van der Waals surface area contributed by atoms with Gasteiger partial charge < -0.3 is 10.3 Å². The van der Waals surface area contributed by atoms with E-state index in [0.717, 1.165) is 4.88 Å². The van der Waals surface area contributed by atoms with E-state index in [-0.39, 0.29) is 0 Å². The van der Waals surface area contributed by atoms with E-state index in [1.165, 1.54) is 9.40 Å². The Kier molecular flexibility index (Phi) is 2.32. The number of fused-ring (bicyclic) bond motifs is 1. The van der Waals surface area contributed by atoms with Gasteiger partial charge in [-0.25, -0.2) is 0 Å². The van der Waals surface area contributed by atoms with Gasteiger partial charge in [-0.05, 0) is 31.4 Å². The van der Waals surface area contributed by atoms with E-state index >= 15 is 0 Å². The third-order valence-electron chi connectivity index (χ3n) is 2.35. The first-order chi connectivity index (χ1) is 8.04. The Balaban J connectivity index is 2.04. The lowest BCUT2D eigenvalue weighted by molar-refractivity contribution is 0.397. The molecule has 3 aromatic heterocycles. The molecule has 4 nitrogen and oxygen atoms in total. The smallest absolute Gasteiger partial charge is 0.268 e. The van der Waals surface area contributed by atoms with Gasteiger partial charge in [0.1, 0.15) is 0 Å². The van der Waals surface area contributed by atoms with Gasteiger partial charge in [0.25, 0.3) is 5.89 Å². The summed E-state index contributed by atoms with van der Waals surface area (Å²) < 4.78 is 7.74. The van der Waals surface area contributed by atoms with Crippen LogP contribution in [0.25, 0.3) is 20.2 Å². The van der Waals surface area contributed by atoms with Crippen LogP contribution in [-0.4, -0.2) is 10.1 Å².